The zero-order chi connectivity index (χ0) is 16.0. The molecular formula is C14H9N5O4. The quantitative estimate of drug-likeness (QED) is 0.454. The molecule has 9 heteroatoms. The molecule has 4 rings (SSSR count). The predicted molar refractivity (Wildman–Crippen MR) is 79.4 cm³/mol. The van der Waals surface area contributed by atoms with Gasteiger partial charge in [0.25, 0.3) is 0 Å². The summed E-state index contributed by atoms with van der Waals surface area (Å²) >= 11 is 0. The Bertz CT molecular complexity index is 1050. The number of aliphatic hydroxyl groups is 1. The summed E-state index contributed by atoms with van der Waals surface area (Å²) in [6.07, 6.45) is 0. The van der Waals surface area contributed by atoms with Gasteiger partial charge in [0.1, 0.15) is 17.2 Å². The van der Waals surface area contributed by atoms with Crippen LogP contribution in [0.15, 0.2) is 40.8 Å². The van der Waals surface area contributed by atoms with Crippen molar-refractivity contribution in [3.8, 4) is 11.6 Å². The molecule has 0 aliphatic heterocycles. The van der Waals surface area contributed by atoms with Gasteiger partial charge in [-0.2, -0.15) is 0 Å². The summed E-state index contributed by atoms with van der Waals surface area (Å²) in [7, 11) is 0. The van der Waals surface area contributed by atoms with E-state index in [-0.39, 0.29) is 18.3 Å². The molecule has 0 aliphatic carbocycles. The van der Waals surface area contributed by atoms with Crippen molar-refractivity contribution in [2.45, 2.75) is 6.73 Å². The summed E-state index contributed by atoms with van der Waals surface area (Å²) in [6.45, 7) is -0.277. The average molecular weight is 311 g/mol. The smallest absolute Gasteiger partial charge is 0.397 e. The van der Waals surface area contributed by atoms with Crippen molar-refractivity contribution in [3.63, 3.8) is 0 Å². The first-order chi connectivity index (χ1) is 11.2. The first-order valence-electron chi connectivity index (χ1n) is 6.66. The monoisotopic (exact) mass is 311 g/mol. The van der Waals surface area contributed by atoms with Crippen LogP contribution in [0.5, 0.6) is 0 Å². The lowest BCUT2D eigenvalue weighted by Gasteiger charge is -2.01. The van der Waals surface area contributed by atoms with Crippen molar-refractivity contribution in [1.82, 2.24) is 19.7 Å². The van der Waals surface area contributed by atoms with E-state index in [0.29, 0.717) is 11.2 Å². The molecule has 114 valence electrons. The van der Waals surface area contributed by atoms with Crippen molar-refractivity contribution in [2.24, 2.45) is 0 Å². The van der Waals surface area contributed by atoms with Crippen LogP contribution < -0.4 is 0 Å². The second-order valence-electron chi connectivity index (χ2n) is 4.79. The molecule has 3 heterocycles. The van der Waals surface area contributed by atoms with E-state index in [1.807, 2.05) is 24.3 Å². The minimum Gasteiger partial charge on any atom is -0.397 e. The third kappa shape index (κ3) is 1.94. The molecule has 1 N–H and O–H groups in total. The van der Waals surface area contributed by atoms with E-state index in [2.05, 4.69) is 15.2 Å². The van der Waals surface area contributed by atoms with Crippen LogP contribution in [0.4, 0.5) is 5.88 Å². The van der Waals surface area contributed by atoms with E-state index in [0.717, 1.165) is 10.9 Å². The highest BCUT2D eigenvalue weighted by Gasteiger charge is 2.18. The third-order valence-corrected chi connectivity index (χ3v) is 3.51. The Hall–Kier alpha value is -3.33. The van der Waals surface area contributed by atoms with Crippen LogP contribution in [0.1, 0.15) is 0 Å². The van der Waals surface area contributed by atoms with Crippen LogP contribution in [0.25, 0.3) is 33.7 Å². The molecule has 0 aliphatic rings. The number of benzene rings is 1. The molecule has 0 bridgehead atoms. The van der Waals surface area contributed by atoms with Crippen LogP contribution in [0.2, 0.25) is 0 Å². The Morgan fingerprint density at radius 1 is 1.22 bits per heavy atom. The lowest BCUT2D eigenvalue weighted by Crippen LogP contribution is -2.00. The van der Waals surface area contributed by atoms with Gasteiger partial charge in [0, 0.05) is 5.39 Å². The average Bonchev–Trinajstić information content (AvgIpc) is 3.17. The van der Waals surface area contributed by atoms with Crippen LogP contribution in [0, 0.1) is 10.1 Å². The van der Waals surface area contributed by atoms with Crippen LogP contribution in [-0.2, 0) is 6.73 Å². The first kappa shape index (κ1) is 13.3. The molecule has 23 heavy (non-hydrogen) atoms. The highest BCUT2D eigenvalue weighted by Crippen LogP contribution is 2.28. The summed E-state index contributed by atoms with van der Waals surface area (Å²) in [4.78, 5) is 14.4. The Labute approximate surface area is 128 Å². The van der Waals surface area contributed by atoms with Gasteiger partial charge in [-0.05, 0) is 12.1 Å². The van der Waals surface area contributed by atoms with E-state index in [4.69, 9.17) is 4.42 Å². The lowest BCUT2D eigenvalue weighted by molar-refractivity contribution is -0.401. The maximum atomic E-state index is 10.7. The molecule has 0 unspecified atom stereocenters. The number of rotatable bonds is 3. The minimum absolute atomic E-state index is 0.114. The largest absolute Gasteiger partial charge is 0.433 e. The van der Waals surface area contributed by atoms with Gasteiger partial charge >= 0.3 is 5.88 Å². The van der Waals surface area contributed by atoms with Gasteiger partial charge in [-0.1, -0.05) is 18.2 Å². The Morgan fingerprint density at radius 2 is 2.04 bits per heavy atom. The first-order valence-corrected chi connectivity index (χ1v) is 6.66. The molecule has 9 nitrogen and oxygen atoms in total. The zero-order valence-electron chi connectivity index (χ0n) is 11.6. The molecule has 0 radical (unpaired) electrons. The summed E-state index contributed by atoms with van der Waals surface area (Å²) in [5.41, 5.74) is 1.74. The maximum Gasteiger partial charge on any atom is 0.433 e. The van der Waals surface area contributed by atoms with Gasteiger partial charge in [-0.25, -0.2) is 4.98 Å². The summed E-state index contributed by atoms with van der Waals surface area (Å²) in [5.74, 6) is -0.143. The SMILES string of the molecule is O=[N+]([O-])c1ccc(-c2nnc3c4ccccc4n(CO)c3n2)o1. The van der Waals surface area contributed by atoms with Crippen molar-refractivity contribution in [3.05, 3.63) is 46.5 Å². The molecule has 4 aromatic rings. The van der Waals surface area contributed by atoms with Crippen molar-refractivity contribution >= 4 is 28.0 Å². The summed E-state index contributed by atoms with van der Waals surface area (Å²) < 4.78 is 6.68. The van der Waals surface area contributed by atoms with Gasteiger partial charge in [0.05, 0.1) is 11.6 Å². The predicted octanol–water partition coefficient (Wildman–Crippen LogP) is 2.10. The van der Waals surface area contributed by atoms with E-state index in [9.17, 15) is 15.2 Å². The van der Waals surface area contributed by atoms with E-state index < -0.39 is 10.8 Å². The number of hydrogen-bond donors (Lipinski definition) is 1. The second kappa shape index (κ2) is 4.85. The maximum absolute atomic E-state index is 10.7. The van der Waals surface area contributed by atoms with E-state index >= 15 is 0 Å². The normalized spacial score (nSPS) is 11.3. The molecule has 0 saturated carbocycles. The second-order valence-corrected chi connectivity index (χ2v) is 4.79. The van der Waals surface area contributed by atoms with Gasteiger partial charge in [0.15, 0.2) is 11.4 Å². The third-order valence-electron chi connectivity index (χ3n) is 3.51. The minimum atomic E-state index is -0.639. The van der Waals surface area contributed by atoms with Crippen LogP contribution in [0.3, 0.4) is 0 Å². The Balaban J connectivity index is 1.96. The molecule has 1 aromatic carbocycles. The van der Waals surface area contributed by atoms with Gasteiger partial charge in [0.2, 0.25) is 5.82 Å². The van der Waals surface area contributed by atoms with E-state index in [1.165, 1.54) is 12.1 Å². The summed E-state index contributed by atoms with van der Waals surface area (Å²) in [6, 6.07) is 10.0. The number of aromatic nitrogens is 4. The fraction of sp³-hybridized carbons (Fsp3) is 0.0714. The molecule has 0 fully saturated rings. The number of para-hydroxylation sites is 1. The van der Waals surface area contributed by atoms with E-state index in [1.54, 1.807) is 4.57 Å². The van der Waals surface area contributed by atoms with Gasteiger partial charge in [-0.3, -0.25) is 10.1 Å². The molecule has 0 atom stereocenters. The number of nitro groups is 1. The van der Waals surface area contributed by atoms with Crippen molar-refractivity contribution in [2.75, 3.05) is 0 Å². The lowest BCUT2D eigenvalue weighted by atomic mass is 10.2. The van der Waals surface area contributed by atoms with Crippen molar-refractivity contribution < 1.29 is 14.4 Å². The molecular weight excluding hydrogens is 302 g/mol. The number of hydrogen-bond acceptors (Lipinski definition) is 7. The molecule has 0 saturated heterocycles. The van der Waals surface area contributed by atoms with Gasteiger partial charge < -0.3 is 14.1 Å². The zero-order valence-corrected chi connectivity index (χ0v) is 11.6. The van der Waals surface area contributed by atoms with Crippen LogP contribution in [-0.4, -0.2) is 29.8 Å². The number of aliphatic hydroxyl groups excluding tert-OH is 1. The highest BCUT2D eigenvalue weighted by atomic mass is 16.6. The topological polar surface area (TPSA) is 120 Å². The highest BCUT2D eigenvalue weighted by molar-refractivity contribution is 6.04. The Morgan fingerprint density at radius 3 is 2.78 bits per heavy atom. The molecule has 0 spiro atoms. The molecule has 0 amide bonds. The number of fused-ring (bicyclic) bond motifs is 3. The summed E-state index contributed by atoms with van der Waals surface area (Å²) in [5, 5.41) is 29.2. The van der Waals surface area contributed by atoms with Crippen LogP contribution >= 0.6 is 0 Å². The van der Waals surface area contributed by atoms with Gasteiger partial charge in [-0.15, -0.1) is 10.2 Å². The number of nitrogens with zero attached hydrogens (tertiary/aromatic N) is 5. The fourth-order valence-electron chi connectivity index (χ4n) is 2.50. The molecule has 3 aromatic heterocycles. The fourth-order valence-corrected chi connectivity index (χ4v) is 2.50. The standard InChI is InChI=1S/C14H9N5O4/c20-7-18-9-4-2-1-3-8(9)12-14(18)15-13(17-16-12)10-5-6-11(23-10)19(21)22/h1-6,20H,7H2. The Kier molecular flexibility index (Phi) is 2.81. The number of furan rings is 1. The van der Waals surface area contributed by atoms with Crippen molar-refractivity contribution in [1.29, 1.82) is 0 Å².